The molecule has 3 N–H and O–H groups in total. The molecule has 1 aromatic rings. The number of phenols is 1. The monoisotopic (exact) mass is 273 g/mol. The number of phenolic OH excluding ortho intramolecular Hbond substituents is 1. The second kappa shape index (κ2) is 4.41. The standard InChI is InChI=1S/C11H16BrNO2/c1-11(2,6-13)8-4-7(12)5-9(15-3)10(8)14/h4-5,14H,6,13H2,1-3H3. The Balaban J connectivity index is 3.35. The molecule has 0 amide bonds. The molecule has 0 bridgehead atoms. The molecule has 0 saturated carbocycles. The Morgan fingerprint density at radius 2 is 2.07 bits per heavy atom. The van der Waals surface area contributed by atoms with Gasteiger partial charge in [-0.2, -0.15) is 0 Å². The van der Waals surface area contributed by atoms with Crippen LogP contribution in [0.5, 0.6) is 11.5 Å². The van der Waals surface area contributed by atoms with Crippen molar-refractivity contribution >= 4 is 15.9 Å². The summed E-state index contributed by atoms with van der Waals surface area (Å²) in [7, 11) is 1.53. The first kappa shape index (κ1) is 12.3. The van der Waals surface area contributed by atoms with Crippen LogP contribution in [-0.4, -0.2) is 18.8 Å². The molecule has 0 radical (unpaired) electrons. The average Bonchev–Trinajstić information content (AvgIpc) is 2.20. The Morgan fingerprint density at radius 3 is 2.53 bits per heavy atom. The summed E-state index contributed by atoms with van der Waals surface area (Å²) >= 11 is 3.38. The first-order valence-corrected chi connectivity index (χ1v) is 5.48. The number of hydrogen-bond acceptors (Lipinski definition) is 3. The van der Waals surface area contributed by atoms with Crippen LogP contribution in [0.15, 0.2) is 16.6 Å². The maximum atomic E-state index is 9.98. The molecule has 15 heavy (non-hydrogen) atoms. The van der Waals surface area contributed by atoms with Gasteiger partial charge in [-0.3, -0.25) is 0 Å². The third kappa shape index (κ3) is 2.44. The van der Waals surface area contributed by atoms with E-state index >= 15 is 0 Å². The molecule has 4 heteroatoms. The predicted octanol–water partition coefficient (Wildman–Crippen LogP) is 2.40. The maximum Gasteiger partial charge on any atom is 0.161 e. The highest BCUT2D eigenvalue weighted by atomic mass is 79.9. The third-order valence-corrected chi connectivity index (χ3v) is 2.96. The van der Waals surface area contributed by atoms with Crippen molar-refractivity contribution < 1.29 is 9.84 Å². The Labute approximate surface area is 98.4 Å². The second-order valence-corrected chi connectivity index (χ2v) is 5.01. The minimum atomic E-state index is -0.277. The van der Waals surface area contributed by atoms with Crippen LogP contribution in [0.25, 0.3) is 0 Å². The number of hydrogen-bond donors (Lipinski definition) is 2. The molecular weight excluding hydrogens is 258 g/mol. The number of halogens is 1. The van der Waals surface area contributed by atoms with Gasteiger partial charge >= 0.3 is 0 Å². The highest BCUT2D eigenvalue weighted by Gasteiger charge is 2.24. The topological polar surface area (TPSA) is 55.5 Å². The summed E-state index contributed by atoms with van der Waals surface area (Å²) in [6.45, 7) is 4.42. The van der Waals surface area contributed by atoms with Crippen LogP contribution >= 0.6 is 15.9 Å². The quantitative estimate of drug-likeness (QED) is 0.889. The molecule has 0 aromatic heterocycles. The van der Waals surface area contributed by atoms with E-state index in [0.29, 0.717) is 12.3 Å². The second-order valence-electron chi connectivity index (χ2n) is 4.09. The van der Waals surface area contributed by atoms with Gasteiger partial charge in [0.1, 0.15) is 0 Å². The average molecular weight is 274 g/mol. The van der Waals surface area contributed by atoms with Crippen LogP contribution in [0.2, 0.25) is 0 Å². The van der Waals surface area contributed by atoms with E-state index in [1.54, 1.807) is 6.07 Å². The smallest absolute Gasteiger partial charge is 0.161 e. The van der Waals surface area contributed by atoms with E-state index in [9.17, 15) is 5.11 Å². The van der Waals surface area contributed by atoms with Crippen LogP contribution in [0.1, 0.15) is 19.4 Å². The van der Waals surface area contributed by atoms with E-state index in [0.717, 1.165) is 10.0 Å². The summed E-state index contributed by atoms with van der Waals surface area (Å²) in [6, 6.07) is 3.59. The maximum absolute atomic E-state index is 9.98. The summed E-state index contributed by atoms with van der Waals surface area (Å²) in [5, 5.41) is 9.98. The van der Waals surface area contributed by atoms with Gasteiger partial charge in [-0.15, -0.1) is 0 Å². The van der Waals surface area contributed by atoms with E-state index in [1.165, 1.54) is 7.11 Å². The molecule has 0 atom stereocenters. The zero-order chi connectivity index (χ0) is 11.6. The molecule has 84 valence electrons. The van der Waals surface area contributed by atoms with E-state index < -0.39 is 0 Å². The molecule has 0 heterocycles. The predicted molar refractivity (Wildman–Crippen MR) is 64.4 cm³/mol. The van der Waals surface area contributed by atoms with E-state index in [1.807, 2.05) is 19.9 Å². The molecule has 0 aliphatic heterocycles. The van der Waals surface area contributed by atoms with Crippen LogP contribution in [0, 0.1) is 0 Å². The fraction of sp³-hybridized carbons (Fsp3) is 0.455. The number of nitrogens with two attached hydrogens (primary N) is 1. The van der Waals surface area contributed by atoms with E-state index in [2.05, 4.69) is 15.9 Å². The molecule has 0 aliphatic carbocycles. The van der Waals surface area contributed by atoms with Crippen molar-refractivity contribution in [2.45, 2.75) is 19.3 Å². The highest BCUT2D eigenvalue weighted by Crippen LogP contribution is 2.39. The SMILES string of the molecule is COc1cc(Br)cc(C(C)(C)CN)c1O. The minimum Gasteiger partial charge on any atom is -0.504 e. The fourth-order valence-electron chi connectivity index (χ4n) is 1.36. The van der Waals surface area contributed by atoms with E-state index in [-0.39, 0.29) is 11.2 Å². The van der Waals surface area contributed by atoms with Gasteiger partial charge in [0.15, 0.2) is 11.5 Å². The van der Waals surface area contributed by atoms with Gasteiger partial charge < -0.3 is 15.6 Å². The van der Waals surface area contributed by atoms with Crippen LogP contribution < -0.4 is 10.5 Å². The molecule has 0 spiro atoms. The van der Waals surface area contributed by atoms with Gasteiger partial charge in [0.05, 0.1) is 7.11 Å². The van der Waals surface area contributed by atoms with Crippen molar-refractivity contribution in [1.82, 2.24) is 0 Å². The highest BCUT2D eigenvalue weighted by molar-refractivity contribution is 9.10. The summed E-state index contributed by atoms with van der Waals surface area (Å²) in [4.78, 5) is 0. The van der Waals surface area contributed by atoms with Crippen LogP contribution in [0.3, 0.4) is 0 Å². The normalized spacial score (nSPS) is 11.5. The minimum absolute atomic E-state index is 0.163. The van der Waals surface area contributed by atoms with Gasteiger partial charge in [0.25, 0.3) is 0 Å². The molecule has 1 rings (SSSR count). The lowest BCUT2D eigenvalue weighted by Crippen LogP contribution is -2.28. The number of rotatable bonds is 3. The van der Waals surface area contributed by atoms with Crippen molar-refractivity contribution in [3.8, 4) is 11.5 Å². The zero-order valence-electron chi connectivity index (χ0n) is 9.17. The molecule has 0 saturated heterocycles. The largest absolute Gasteiger partial charge is 0.504 e. The van der Waals surface area contributed by atoms with Crippen molar-refractivity contribution in [3.05, 3.63) is 22.2 Å². The lowest BCUT2D eigenvalue weighted by atomic mass is 9.84. The number of ether oxygens (including phenoxy) is 1. The van der Waals surface area contributed by atoms with Crippen molar-refractivity contribution in [2.24, 2.45) is 5.73 Å². The molecule has 0 unspecified atom stereocenters. The third-order valence-electron chi connectivity index (χ3n) is 2.50. The lowest BCUT2D eigenvalue weighted by Gasteiger charge is -2.25. The van der Waals surface area contributed by atoms with Gasteiger partial charge in [-0.25, -0.2) is 0 Å². The van der Waals surface area contributed by atoms with Crippen LogP contribution in [0.4, 0.5) is 0 Å². The fourth-order valence-corrected chi connectivity index (χ4v) is 1.79. The first-order valence-electron chi connectivity index (χ1n) is 4.69. The first-order chi connectivity index (χ1) is 6.92. The van der Waals surface area contributed by atoms with Crippen molar-refractivity contribution in [2.75, 3.05) is 13.7 Å². The molecule has 0 aliphatic rings. The van der Waals surface area contributed by atoms with Crippen LogP contribution in [-0.2, 0) is 5.41 Å². The Bertz CT molecular complexity index is 364. The Hall–Kier alpha value is -0.740. The summed E-state index contributed by atoms with van der Waals surface area (Å²) in [5.41, 5.74) is 6.19. The number of methoxy groups -OCH3 is 1. The zero-order valence-corrected chi connectivity index (χ0v) is 10.8. The van der Waals surface area contributed by atoms with Gasteiger partial charge in [-0.1, -0.05) is 29.8 Å². The summed E-state index contributed by atoms with van der Waals surface area (Å²) in [6.07, 6.45) is 0. The molecule has 1 aromatic carbocycles. The van der Waals surface area contributed by atoms with E-state index in [4.69, 9.17) is 10.5 Å². The van der Waals surface area contributed by atoms with Crippen molar-refractivity contribution in [1.29, 1.82) is 0 Å². The number of benzene rings is 1. The molecule has 0 fully saturated rings. The van der Waals surface area contributed by atoms with Gasteiger partial charge in [-0.05, 0) is 12.1 Å². The van der Waals surface area contributed by atoms with Gasteiger partial charge in [0, 0.05) is 22.0 Å². The lowest BCUT2D eigenvalue weighted by molar-refractivity contribution is 0.362. The summed E-state index contributed by atoms with van der Waals surface area (Å²) in [5.74, 6) is 0.622. The molecular formula is C11H16BrNO2. The Morgan fingerprint density at radius 1 is 1.47 bits per heavy atom. The number of aromatic hydroxyl groups is 1. The van der Waals surface area contributed by atoms with Crippen molar-refractivity contribution in [3.63, 3.8) is 0 Å². The Kier molecular flexibility index (Phi) is 3.62. The molecule has 3 nitrogen and oxygen atoms in total. The summed E-state index contributed by atoms with van der Waals surface area (Å²) < 4.78 is 5.95. The van der Waals surface area contributed by atoms with Gasteiger partial charge in [0.2, 0.25) is 0 Å².